The summed E-state index contributed by atoms with van der Waals surface area (Å²) < 4.78 is 73.8. The van der Waals surface area contributed by atoms with Crippen LogP contribution in [0.4, 0.5) is 26.3 Å². The Bertz CT molecular complexity index is 519. The molecule has 1 rings (SSSR count). The van der Waals surface area contributed by atoms with Gasteiger partial charge in [-0.05, 0) is 12.1 Å². The van der Waals surface area contributed by atoms with Gasteiger partial charge in [0.15, 0.2) is 5.83 Å². The molecule has 0 aliphatic heterocycles. The largest absolute Gasteiger partial charge is 0.417 e. The Kier molecular flexibility index (Phi) is 5.18. The topological polar surface area (TPSA) is 29.1 Å². The lowest BCUT2D eigenvalue weighted by atomic mass is 10.1. The second-order valence-electron chi connectivity index (χ2n) is 3.71. The quantitative estimate of drug-likeness (QED) is 0.839. The lowest BCUT2D eigenvalue weighted by molar-refractivity contribution is -0.137. The molecule has 0 saturated carbocycles. The summed E-state index contributed by atoms with van der Waals surface area (Å²) in [5.41, 5.74) is -1.80. The van der Waals surface area contributed by atoms with Crippen molar-refractivity contribution >= 4 is 5.91 Å². The molecule has 0 aromatic heterocycles. The van der Waals surface area contributed by atoms with Crippen LogP contribution in [0.3, 0.4) is 0 Å². The summed E-state index contributed by atoms with van der Waals surface area (Å²) in [7, 11) is 0. The number of halogens is 6. The molecule has 0 radical (unpaired) electrons. The van der Waals surface area contributed by atoms with E-state index in [0.29, 0.717) is 0 Å². The molecule has 1 aromatic carbocycles. The van der Waals surface area contributed by atoms with Gasteiger partial charge in [0, 0.05) is 13.0 Å². The minimum Gasteiger partial charge on any atom is -0.352 e. The molecule has 0 fully saturated rings. The first-order chi connectivity index (χ1) is 9.23. The highest BCUT2D eigenvalue weighted by Gasteiger charge is 2.34. The van der Waals surface area contributed by atoms with Crippen LogP contribution in [0.2, 0.25) is 0 Å². The van der Waals surface area contributed by atoms with Crippen molar-refractivity contribution < 1.29 is 31.1 Å². The van der Waals surface area contributed by atoms with Crippen LogP contribution in [0, 0.1) is 0 Å². The normalized spacial score (nSPS) is 11.1. The van der Waals surface area contributed by atoms with Crippen molar-refractivity contribution in [1.29, 1.82) is 0 Å². The molecule has 0 heterocycles. The lowest BCUT2D eigenvalue weighted by Crippen LogP contribution is -2.27. The summed E-state index contributed by atoms with van der Waals surface area (Å²) in [5.74, 6) is -2.82. The molecule has 0 aliphatic rings. The van der Waals surface area contributed by atoms with Crippen LogP contribution < -0.4 is 5.32 Å². The van der Waals surface area contributed by atoms with Gasteiger partial charge in [0.2, 0.25) is 0 Å². The maximum atomic E-state index is 12.6. The number of benzene rings is 1. The molecule has 0 spiro atoms. The van der Waals surface area contributed by atoms with Gasteiger partial charge in [-0.15, -0.1) is 0 Å². The third kappa shape index (κ3) is 4.29. The van der Waals surface area contributed by atoms with Crippen LogP contribution in [-0.2, 0) is 6.18 Å². The van der Waals surface area contributed by atoms with Gasteiger partial charge < -0.3 is 5.32 Å². The standard InChI is InChI=1S/C12H9F6NO/c13-9(10(14)15)5-6-19-11(20)7-3-1-2-4-8(7)12(16,17)18/h1-4H,5-6H2,(H,19,20). The molecule has 20 heavy (non-hydrogen) atoms. The Balaban J connectivity index is 2.77. The maximum Gasteiger partial charge on any atom is 0.417 e. The van der Waals surface area contributed by atoms with Crippen molar-refractivity contribution in [2.24, 2.45) is 0 Å². The van der Waals surface area contributed by atoms with Crippen molar-refractivity contribution in [3.8, 4) is 0 Å². The number of carbonyl (C=O) groups is 1. The zero-order valence-electron chi connectivity index (χ0n) is 9.90. The van der Waals surface area contributed by atoms with E-state index in [2.05, 4.69) is 0 Å². The van der Waals surface area contributed by atoms with Crippen LogP contribution in [0.25, 0.3) is 0 Å². The Morgan fingerprint density at radius 2 is 1.70 bits per heavy atom. The Hall–Kier alpha value is -1.99. The summed E-state index contributed by atoms with van der Waals surface area (Å²) in [6.45, 7) is -0.534. The van der Waals surface area contributed by atoms with Crippen LogP contribution in [0.5, 0.6) is 0 Å². The molecule has 0 atom stereocenters. The number of hydrogen-bond donors (Lipinski definition) is 1. The molecule has 2 nitrogen and oxygen atoms in total. The molecule has 1 amide bonds. The fraction of sp³-hybridized carbons (Fsp3) is 0.250. The zero-order valence-corrected chi connectivity index (χ0v) is 9.90. The first kappa shape index (κ1) is 16.1. The van der Waals surface area contributed by atoms with Crippen molar-refractivity contribution in [2.75, 3.05) is 6.54 Å². The molecule has 0 bridgehead atoms. The molecule has 1 N–H and O–H groups in total. The highest BCUT2D eigenvalue weighted by atomic mass is 19.4. The number of nitrogens with one attached hydrogen (secondary N) is 1. The lowest BCUT2D eigenvalue weighted by Gasteiger charge is -2.12. The third-order valence-electron chi connectivity index (χ3n) is 2.31. The molecular formula is C12H9F6NO. The smallest absolute Gasteiger partial charge is 0.352 e. The minimum atomic E-state index is -4.72. The fourth-order valence-electron chi connectivity index (χ4n) is 1.40. The molecule has 0 saturated heterocycles. The minimum absolute atomic E-state index is 0.534. The molecule has 1 aromatic rings. The van der Waals surface area contributed by atoms with E-state index in [-0.39, 0.29) is 0 Å². The van der Waals surface area contributed by atoms with Crippen LogP contribution in [-0.4, -0.2) is 12.5 Å². The number of rotatable bonds is 4. The molecular weight excluding hydrogens is 288 g/mol. The van der Waals surface area contributed by atoms with Gasteiger partial charge >= 0.3 is 12.3 Å². The van der Waals surface area contributed by atoms with E-state index in [1.807, 2.05) is 5.32 Å². The predicted octanol–water partition coefficient (Wildman–Crippen LogP) is 3.90. The van der Waals surface area contributed by atoms with Crippen LogP contribution in [0.15, 0.2) is 36.2 Å². The van der Waals surface area contributed by atoms with Gasteiger partial charge in [-0.3, -0.25) is 4.79 Å². The van der Waals surface area contributed by atoms with Crippen molar-refractivity contribution in [3.63, 3.8) is 0 Å². The maximum absolute atomic E-state index is 12.6. The average molecular weight is 297 g/mol. The number of amides is 1. The second-order valence-corrected chi connectivity index (χ2v) is 3.71. The van der Waals surface area contributed by atoms with Gasteiger partial charge in [0.05, 0.1) is 11.1 Å². The highest BCUT2D eigenvalue weighted by Crippen LogP contribution is 2.31. The summed E-state index contributed by atoms with van der Waals surface area (Å²) in [6, 6.07) is 4.00. The average Bonchev–Trinajstić information content (AvgIpc) is 2.37. The molecule has 0 aliphatic carbocycles. The first-order valence-electron chi connectivity index (χ1n) is 5.37. The summed E-state index contributed by atoms with van der Waals surface area (Å²) in [4.78, 5) is 11.5. The van der Waals surface area contributed by atoms with Gasteiger partial charge in [-0.25, -0.2) is 4.39 Å². The van der Waals surface area contributed by atoms with E-state index < -0.39 is 48.1 Å². The van der Waals surface area contributed by atoms with E-state index in [0.717, 1.165) is 18.2 Å². The highest BCUT2D eigenvalue weighted by molar-refractivity contribution is 5.95. The van der Waals surface area contributed by atoms with Crippen LogP contribution >= 0.6 is 0 Å². The monoisotopic (exact) mass is 297 g/mol. The Morgan fingerprint density at radius 1 is 1.10 bits per heavy atom. The van der Waals surface area contributed by atoms with E-state index in [9.17, 15) is 31.1 Å². The fourth-order valence-corrected chi connectivity index (χ4v) is 1.40. The first-order valence-corrected chi connectivity index (χ1v) is 5.37. The van der Waals surface area contributed by atoms with Gasteiger partial charge in [0.25, 0.3) is 5.91 Å². The summed E-state index contributed by atoms with van der Waals surface area (Å²) in [5, 5.41) is 1.95. The van der Waals surface area contributed by atoms with Gasteiger partial charge in [0.1, 0.15) is 0 Å². The molecule has 0 unspecified atom stereocenters. The predicted molar refractivity (Wildman–Crippen MR) is 58.7 cm³/mol. The van der Waals surface area contributed by atoms with Crippen molar-refractivity contribution in [2.45, 2.75) is 12.6 Å². The van der Waals surface area contributed by atoms with E-state index in [1.165, 1.54) is 6.07 Å². The number of hydrogen-bond acceptors (Lipinski definition) is 1. The van der Waals surface area contributed by atoms with E-state index >= 15 is 0 Å². The van der Waals surface area contributed by atoms with E-state index in [1.54, 1.807) is 0 Å². The van der Waals surface area contributed by atoms with E-state index in [4.69, 9.17) is 0 Å². The van der Waals surface area contributed by atoms with Crippen molar-refractivity contribution in [3.05, 3.63) is 47.3 Å². The zero-order chi connectivity index (χ0) is 15.3. The number of alkyl halides is 3. The Labute approximate surface area is 110 Å². The Morgan fingerprint density at radius 3 is 2.25 bits per heavy atom. The number of carbonyl (C=O) groups excluding carboxylic acids is 1. The van der Waals surface area contributed by atoms with Gasteiger partial charge in [-0.1, -0.05) is 12.1 Å². The summed E-state index contributed by atoms with van der Waals surface area (Å²) in [6.07, 6.45) is -8.03. The summed E-state index contributed by atoms with van der Waals surface area (Å²) >= 11 is 0. The molecule has 8 heteroatoms. The molecule has 110 valence electrons. The SMILES string of the molecule is O=C(NCCC(F)=C(F)F)c1ccccc1C(F)(F)F. The third-order valence-corrected chi connectivity index (χ3v) is 2.31. The van der Waals surface area contributed by atoms with Crippen molar-refractivity contribution in [1.82, 2.24) is 5.32 Å². The van der Waals surface area contributed by atoms with Crippen LogP contribution in [0.1, 0.15) is 22.3 Å². The van der Waals surface area contributed by atoms with Gasteiger partial charge in [-0.2, -0.15) is 22.0 Å². The second kappa shape index (κ2) is 6.44.